The zero-order valence-corrected chi connectivity index (χ0v) is 30.2. The first-order valence-corrected chi connectivity index (χ1v) is 19.1. The predicted molar refractivity (Wildman–Crippen MR) is 176 cm³/mol. The standard InChI is InChI=1S/C31H57ClN2P2S/c1-20(2)33(21(3)4)36(37,34(22(5)6)23(7)8)28(32)35-19-31(15,16)26-18-24(29(9,10)11)17-25(27(26)35)30(12,13)14/h17-18,20-23,28H,19H2,1-16H3. The smallest absolute Gasteiger partial charge is 0.111 e. The van der Waals surface area contributed by atoms with Crippen LogP contribution in [0.25, 0.3) is 0 Å². The zero-order chi connectivity index (χ0) is 29.0. The van der Waals surface area contributed by atoms with Crippen molar-refractivity contribution in [3.05, 3.63) is 28.8 Å². The molecule has 2 rings (SSSR count). The average Bonchev–Trinajstić information content (AvgIpc) is 2.94. The number of halogens is 1. The van der Waals surface area contributed by atoms with Gasteiger partial charge in [-0.3, -0.25) is 9.34 Å². The third-order valence-corrected chi connectivity index (χ3v) is 20.0. The number of rotatable bonds is 8. The fraction of sp³-hybridized carbons (Fsp3) is 0.806. The number of fused-ring (bicyclic) bond motifs is 1. The SMILES string of the molecule is CC(C)N(C(C)C)P(=S)(C(Cl)P1CC(C)(C)c2cc(C(C)(C)C)cc(C(C)(C)C)c21)N(C(C)C)C(C)C. The van der Waals surface area contributed by atoms with E-state index in [0.29, 0.717) is 24.2 Å². The van der Waals surface area contributed by atoms with E-state index < -0.39 is 14.3 Å². The van der Waals surface area contributed by atoms with E-state index in [-0.39, 0.29) is 21.1 Å². The van der Waals surface area contributed by atoms with Crippen molar-refractivity contribution in [2.45, 2.75) is 156 Å². The van der Waals surface area contributed by atoms with Crippen molar-refractivity contribution in [2.24, 2.45) is 0 Å². The fourth-order valence-corrected chi connectivity index (χ4v) is 19.7. The number of hydrogen-bond acceptors (Lipinski definition) is 1. The Hall–Kier alpha value is 0.510. The summed E-state index contributed by atoms with van der Waals surface area (Å²) in [6.45, 7) is 37.4. The second kappa shape index (κ2) is 11.4. The molecule has 0 aliphatic carbocycles. The van der Waals surface area contributed by atoms with Crippen LogP contribution in [-0.4, -0.2) is 44.5 Å². The summed E-state index contributed by atoms with van der Waals surface area (Å²) in [4.78, 5) is -0.0748. The highest BCUT2D eigenvalue weighted by molar-refractivity contribution is 8.16. The summed E-state index contributed by atoms with van der Waals surface area (Å²) in [5.41, 5.74) is 4.66. The molecule has 0 saturated heterocycles. The van der Waals surface area contributed by atoms with Crippen molar-refractivity contribution in [1.29, 1.82) is 0 Å². The van der Waals surface area contributed by atoms with Gasteiger partial charge in [0, 0.05) is 24.2 Å². The Balaban J connectivity index is 2.95. The van der Waals surface area contributed by atoms with E-state index in [9.17, 15) is 0 Å². The maximum atomic E-state index is 7.96. The van der Waals surface area contributed by atoms with Gasteiger partial charge < -0.3 is 0 Å². The van der Waals surface area contributed by atoms with Gasteiger partial charge in [0.25, 0.3) is 0 Å². The molecule has 6 heteroatoms. The van der Waals surface area contributed by atoms with Crippen LogP contribution in [0, 0.1) is 0 Å². The maximum Gasteiger partial charge on any atom is 0.111 e. The Morgan fingerprint density at radius 1 is 0.811 bits per heavy atom. The number of hydrogen-bond donors (Lipinski definition) is 0. The first kappa shape index (κ1) is 33.7. The molecule has 1 aromatic carbocycles. The average molecular weight is 587 g/mol. The third-order valence-electron chi connectivity index (χ3n) is 7.68. The summed E-state index contributed by atoms with van der Waals surface area (Å²) in [7, 11) is -0.668. The van der Waals surface area contributed by atoms with E-state index >= 15 is 0 Å². The number of nitrogens with zero attached hydrogens (tertiary/aromatic N) is 2. The molecule has 0 radical (unpaired) electrons. The molecule has 0 N–H and O–H groups in total. The Bertz CT molecular complexity index is 962. The van der Waals surface area contributed by atoms with Crippen molar-refractivity contribution in [3.8, 4) is 0 Å². The van der Waals surface area contributed by atoms with Gasteiger partial charge in [-0.1, -0.05) is 79.3 Å². The molecule has 2 atom stereocenters. The van der Waals surface area contributed by atoms with Gasteiger partial charge in [0.15, 0.2) is 0 Å². The van der Waals surface area contributed by atoms with Crippen LogP contribution in [0.5, 0.6) is 0 Å². The molecule has 0 aromatic heterocycles. The van der Waals surface area contributed by atoms with Crippen molar-refractivity contribution >= 4 is 43.0 Å². The number of alkyl halides is 1. The van der Waals surface area contributed by atoms with Crippen LogP contribution in [0.15, 0.2) is 12.1 Å². The van der Waals surface area contributed by atoms with Gasteiger partial charge in [-0.05, 0) is 108 Å². The molecule has 1 heterocycles. The molecule has 0 bridgehead atoms. The molecule has 2 unspecified atom stereocenters. The van der Waals surface area contributed by atoms with Crippen molar-refractivity contribution in [1.82, 2.24) is 9.34 Å². The highest BCUT2D eigenvalue weighted by Gasteiger charge is 2.52. The molecule has 0 saturated carbocycles. The number of benzene rings is 1. The van der Waals surface area contributed by atoms with Gasteiger partial charge >= 0.3 is 0 Å². The minimum absolute atomic E-state index is 0.0388. The summed E-state index contributed by atoms with van der Waals surface area (Å²) in [5.74, 6) is 0. The lowest BCUT2D eigenvalue weighted by atomic mass is 9.75. The minimum Gasteiger partial charge on any atom is -0.257 e. The van der Waals surface area contributed by atoms with Gasteiger partial charge in [-0.2, -0.15) is 0 Å². The monoisotopic (exact) mass is 586 g/mol. The summed E-state index contributed by atoms with van der Waals surface area (Å²) >= 11 is 14.9. The van der Waals surface area contributed by atoms with E-state index in [1.54, 1.807) is 5.30 Å². The summed E-state index contributed by atoms with van der Waals surface area (Å²) in [6.07, 6.45) is -1.23. The summed E-state index contributed by atoms with van der Waals surface area (Å²) in [5, 5.41) is 1.55. The van der Waals surface area contributed by atoms with Gasteiger partial charge in [-0.25, -0.2) is 0 Å². The fourth-order valence-electron chi connectivity index (χ4n) is 6.27. The van der Waals surface area contributed by atoms with Gasteiger partial charge in [-0.15, -0.1) is 11.6 Å². The van der Waals surface area contributed by atoms with Crippen LogP contribution in [0.1, 0.15) is 127 Å². The Morgan fingerprint density at radius 3 is 1.54 bits per heavy atom. The summed E-state index contributed by atoms with van der Waals surface area (Å²) in [6, 6.07) is 6.37. The molecular formula is C31H57ClN2P2S. The van der Waals surface area contributed by atoms with E-state index in [1.807, 2.05) is 0 Å². The Morgan fingerprint density at radius 2 is 1.22 bits per heavy atom. The quantitative estimate of drug-likeness (QED) is 0.221. The molecular weight excluding hydrogens is 530 g/mol. The Labute approximate surface area is 242 Å². The van der Waals surface area contributed by atoms with E-state index in [4.69, 9.17) is 23.4 Å². The first-order valence-electron chi connectivity index (χ1n) is 14.3. The van der Waals surface area contributed by atoms with Crippen molar-refractivity contribution in [3.63, 3.8) is 0 Å². The van der Waals surface area contributed by atoms with Crippen molar-refractivity contribution < 1.29 is 0 Å². The Kier molecular flexibility index (Phi) is 10.4. The molecule has 1 aliphatic rings. The lowest BCUT2D eigenvalue weighted by Gasteiger charge is -2.53. The van der Waals surface area contributed by atoms with Crippen LogP contribution < -0.4 is 5.30 Å². The second-order valence-corrected chi connectivity index (χ2v) is 22.9. The highest BCUT2D eigenvalue weighted by Crippen LogP contribution is 2.74. The molecule has 1 aromatic rings. The normalized spacial score (nSPS) is 19.7. The first-order chi connectivity index (χ1) is 16.5. The van der Waals surface area contributed by atoms with Crippen LogP contribution in [0.3, 0.4) is 0 Å². The second-order valence-electron chi connectivity index (χ2n) is 15.0. The molecule has 0 amide bonds. The van der Waals surface area contributed by atoms with E-state index in [0.717, 1.165) is 6.16 Å². The molecule has 0 spiro atoms. The predicted octanol–water partition coefficient (Wildman–Crippen LogP) is 9.75. The molecule has 214 valence electrons. The van der Waals surface area contributed by atoms with E-state index in [2.05, 4.69) is 132 Å². The van der Waals surface area contributed by atoms with Crippen LogP contribution in [-0.2, 0) is 28.1 Å². The molecule has 2 nitrogen and oxygen atoms in total. The molecule has 1 aliphatic heterocycles. The van der Waals surface area contributed by atoms with Crippen LogP contribution in [0.2, 0.25) is 0 Å². The van der Waals surface area contributed by atoms with Crippen LogP contribution >= 0.6 is 25.9 Å². The lowest BCUT2D eigenvalue weighted by Crippen LogP contribution is -2.47. The van der Waals surface area contributed by atoms with Gasteiger partial charge in [0.2, 0.25) is 0 Å². The van der Waals surface area contributed by atoms with Gasteiger partial charge in [0.1, 0.15) is 11.2 Å². The lowest BCUT2D eigenvalue weighted by molar-refractivity contribution is 0.255. The third kappa shape index (κ3) is 6.54. The zero-order valence-electron chi connectivity index (χ0n) is 26.8. The minimum atomic E-state index is -2.34. The maximum absolute atomic E-state index is 7.96. The molecule has 37 heavy (non-hydrogen) atoms. The highest BCUT2D eigenvalue weighted by atomic mass is 35.5. The summed E-state index contributed by atoms with van der Waals surface area (Å²) < 4.78 is 5.27. The van der Waals surface area contributed by atoms with Crippen LogP contribution in [0.4, 0.5) is 0 Å². The molecule has 0 fully saturated rings. The topological polar surface area (TPSA) is 6.48 Å². The van der Waals surface area contributed by atoms with Gasteiger partial charge in [0.05, 0.1) is 0 Å². The van der Waals surface area contributed by atoms with Crippen molar-refractivity contribution in [2.75, 3.05) is 6.16 Å². The largest absolute Gasteiger partial charge is 0.257 e. The van der Waals surface area contributed by atoms with E-state index in [1.165, 1.54) is 16.7 Å².